The zero-order valence-corrected chi connectivity index (χ0v) is 8.36. The SMILES string of the molecule is CCN(CC)C(CN)c1ccoc1. The molecule has 1 rings (SSSR count). The minimum atomic E-state index is 0.300. The van der Waals surface area contributed by atoms with Crippen LogP contribution < -0.4 is 5.73 Å². The van der Waals surface area contributed by atoms with E-state index in [4.69, 9.17) is 10.2 Å². The van der Waals surface area contributed by atoms with Crippen LogP contribution in [0.25, 0.3) is 0 Å². The topological polar surface area (TPSA) is 42.4 Å². The molecule has 0 saturated heterocycles. The Hall–Kier alpha value is -0.800. The smallest absolute Gasteiger partial charge is 0.0950 e. The van der Waals surface area contributed by atoms with Crippen molar-refractivity contribution in [2.24, 2.45) is 5.73 Å². The Bertz CT molecular complexity index is 217. The van der Waals surface area contributed by atoms with Crippen molar-refractivity contribution in [3.63, 3.8) is 0 Å². The lowest BCUT2D eigenvalue weighted by molar-refractivity contribution is 0.223. The molecule has 1 aromatic rings. The van der Waals surface area contributed by atoms with Gasteiger partial charge in [0.05, 0.1) is 18.6 Å². The summed E-state index contributed by atoms with van der Waals surface area (Å²) in [6.07, 6.45) is 3.47. The van der Waals surface area contributed by atoms with Gasteiger partial charge in [0.25, 0.3) is 0 Å². The summed E-state index contributed by atoms with van der Waals surface area (Å²) in [5, 5.41) is 0. The number of hydrogen-bond acceptors (Lipinski definition) is 3. The average molecular weight is 182 g/mol. The van der Waals surface area contributed by atoms with Crippen LogP contribution in [0.15, 0.2) is 23.0 Å². The fourth-order valence-electron chi connectivity index (χ4n) is 1.62. The summed E-state index contributed by atoms with van der Waals surface area (Å²) in [6, 6.07) is 2.28. The fourth-order valence-corrected chi connectivity index (χ4v) is 1.62. The molecule has 74 valence electrons. The van der Waals surface area contributed by atoms with Crippen molar-refractivity contribution in [1.29, 1.82) is 0 Å². The van der Waals surface area contributed by atoms with E-state index in [1.54, 1.807) is 12.5 Å². The molecular formula is C10H18N2O. The minimum absolute atomic E-state index is 0.300. The first kappa shape index (κ1) is 10.3. The van der Waals surface area contributed by atoms with Gasteiger partial charge in [-0.1, -0.05) is 13.8 Å². The Balaban J connectivity index is 2.72. The highest BCUT2D eigenvalue weighted by Crippen LogP contribution is 2.19. The van der Waals surface area contributed by atoms with Crippen LogP contribution in [0.4, 0.5) is 0 Å². The Morgan fingerprint density at radius 3 is 2.54 bits per heavy atom. The summed E-state index contributed by atoms with van der Waals surface area (Å²) in [4.78, 5) is 2.32. The van der Waals surface area contributed by atoms with Gasteiger partial charge in [-0.05, 0) is 19.2 Å². The van der Waals surface area contributed by atoms with Crippen molar-refractivity contribution in [1.82, 2.24) is 4.90 Å². The molecule has 0 radical (unpaired) electrons. The van der Waals surface area contributed by atoms with Crippen LogP contribution in [-0.2, 0) is 0 Å². The molecular weight excluding hydrogens is 164 g/mol. The van der Waals surface area contributed by atoms with Crippen LogP contribution in [0.5, 0.6) is 0 Å². The third-order valence-electron chi connectivity index (χ3n) is 2.40. The fraction of sp³-hybridized carbons (Fsp3) is 0.600. The first-order chi connectivity index (χ1) is 6.33. The van der Waals surface area contributed by atoms with Crippen LogP contribution >= 0.6 is 0 Å². The molecule has 1 unspecified atom stereocenters. The Morgan fingerprint density at radius 1 is 1.46 bits per heavy atom. The Morgan fingerprint density at radius 2 is 2.15 bits per heavy atom. The molecule has 0 bridgehead atoms. The Labute approximate surface area is 79.5 Å². The lowest BCUT2D eigenvalue weighted by Gasteiger charge is -2.27. The second-order valence-electron chi connectivity index (χ2n) is 3.03. The third kappa shape index (κ3) is 2.32. The summed E-state index contributed by atoms with van der Waals surface area (Å²) >= 11 is 0. The highest BCUT2D eigenvalue weighted by Gasteiger charge is 2.16. The van der Waals surface area contributed by atoms with Crippen molar-refractivity contribution in [3.8, 4) is 0 Å². The minimum Gasteiger partial charge on any atom is -0.472 e. The predicted octanol–water partition coefficient (Wildman–Crippen LogP) is 1.62. The normalized spacial score (nSPS) is 13.5. The molecule has 2 N–H and O–H groups in total. The zero-order valence-electron chi connectivity index (χ0n) is 8.36. The van der Waals surface area contributed by atoms with Crippen molar-refractivity contribution in [3.05, 3.63) is 24.2 Å². The van der Waals surface area contributed by atoms with Gasteiger partial charge in [0.15, 0.2) is 0 Å². The molecule has 0 saturated carbocycles. The quantitative estimate of drug-likeness (QED) is 0.752. The van der Waals surface area contributed by atoms with Crippen LogP contribution in [0.2, 0.25) is 0 Å². The largest absolute Gasteiger partial charge is 0.472 e. The van der Waals surface area contributed by atoms with E-state index in [0.29, 0.717) is 12.6 Å². The van der Waals surface area contributed by atoms with Crippen molar-refractivity contribution in [2.45, 2.75) is 19.9 Å². The van der Waals surface area contributed by atoms with Crippen LogP contribution in [0.3, 0.4) is 0 Å². The van der Waals surface area contributed by atoms with Crippen LogP contribution in [-0.4, -0.2) is 24.5 Å². The molecule has 1 aromatic heterocycles. The van der Waals surface area contributed by atoms with Gasteiger partial charge in [0.2, 0.25) is 0 Å². The molecule has 0 aliphatic heterocycles. The molecule has 3 nitrogen and oxygen atoms in total. The summed E-state index contributed by atoms with van der Waals surface area (Å²) < 4.78 is 5.05. The van der Waals surface area contributed by atoms with E-state index in [-0.39, 0.29) is 0 Å². The van der Waals surface area contributed by atoms with E-state index < -0.39 is 0 Å². The second-order valence-corrected chi connectivity index (χ2v) is 3.03. The number of furan rings is 1. The van der Waals surface area contributed by atoms with Crippen molar-refractivity contribution >= 4 is 0 Å². The van der Waals surface area contributed by atoms with E-state index in [0.717, 1.165) is 13.1 Å². The highest BCUT2D eigenvalue weighted by atomic mass is 16.3. The van der Waals surface area contributed by atoms with Crippen molar-refractivity contribution < 1.29 is 4.42 Å². The number of hydrogen-bond donors (Lipinski definition) is 1. The molecule has 0 aromatic carbocycles. The molecule has 1 heterocycles. The van der Waals surface area contributed by atoms with Gasteiger partial charge in [0.1, 0.15) is 0 Å². The maximum atomic E-state index is 5.73. The molecule has 0 spiro atoms. The molecule has 0 amide bonds. The van der Waals surface area contributed by atoms with E-state index in [1.807, 2.05) is 6.07 Å². The first-order valence-electron chi connectivity index (χ1n) is 4.79. The molecule has 1 atom stereocenters. The maximum Gasteiger partial charge on any atom is 0.0950 e. The predicted molar refractivity (Wildman–Crippen MR) is 53.4 cm³/mol. The Kier molecular flexibility index (Phi) is 3.99. The van der Waals surface area contributed by atoms with Crippen molar-refractivity contribution in [2.75, 3.05) is 19.6 Å². The molecule has 0 aliphatic carbocycles. The lowest BCUT2D eigenvalue weighted by atomic mass is 10.1. The first-order valence-corrected chi connectivity index (χ1v) is 4.79. The molecule has 0 fully saturated rings. The lowest BCUT2D eigenvalue weighted by Crippen LogP contribution is -2.33. The van der Waals surface area contributed by atoms with Gasteiger partial charge < -0.3 is 10.2 Å². The van der Waals surface area contributed by atoms with E-state index in [9.17, 15) is 0 Å². The monoisotopic (exact) mass is 182 g/mol. The van der Waals surface area contributed by atoms with Gasteiger partial charge >= 0.3 is 0 Å². The third-order valence-corrected chi connectivity index (χ3v) is 2.40. The highest BCUT2D eigenvalue weighted by molar-refractivity contribution is 5.12. The number of likely N-dealkylation sites (N-methyl/N-ethyl adjacent to an activating group) is 1. The van der Waals surface area contributed by atoms with E-state index >= 15 is 0 Å². The van der Waals surface area contributed by atoms with Gasteiger partial charge in [-0.2, -0.15) is 0 Å². The van der Waals surface area contributed by atoms with Crippen LogP contribution in [0, 0.1) is 0 Å². The number of rotatable bonds is 5. The van der Waals surface area contributed by atoms with E-state index in [1.165, 1.54) is 5.56 Å². The standard InChI is InChI=1S/C10H18N2O/c1-3-12(4-2)10(7-11)9-5-6-13-8-9/h5-6,8,10H,3-4,7,11H2,1-2H3. The molecule has 13 heavy (non-hydrogen) atoms. The molecule has 3 heteroatoms. The van der Waals surface area contributed by atoms with Gasteiger partial charge in [-0.15, -0.1) is 0 Å². The second kappa shape index (κ2) is 5.04. The zero-order chi connectivity index (χ0) is 9.68. The van der Waals surface area contributed by atoms with Gasteiger partial charge in [0, 0.05) is 12.1 Å². The number of nitrogens with zero attached hydrogens (tertiary/aromatic N) is 1. The summed E-state index contributed by atoms with van der Waals surface area (Å²) in [7, 11) is 0. The summed E-state index contributed by atoms with van der Waals surface area (Å²) in [6.45, 7) is 6.97. The van der Waals surface area contributed by atoms with Gasteiger partial charge in [-0.3, -0.25) is 4.90 Å². The van der Waals surface area contributed by atoms with Crippen LogP contribution in [0.1, 0.15) is 25.5 Å². The molecule has 0 aliphatic rings. The van der Waals surface area contributed by atoms with Gasteiger partial charge in [-0.25, -0.2) is 0 Å². The maximum absolute atomic E-state index is 5.73. The summed E-state index contributed by atoms with van der Waals surface area (Å²) in [5.41, 5.74) is 6.91. The average Bonchev–Trinajstić information content (AvgIpc) is 2.66. The summed E-state index contributed by atoms with van der Waals surface area (Å²) in [5.74, 6) is 0. The van der Waals surface area contributed by atoms with E-state index in [2.05, 4.69) is 18.7 Å². The number of nitrogens with two attached hydrogens (primary N) is 1.